The molecular weight excluding hydrogens is 272 g/mol. The molecule has 0 radical (unpaired) electrons. The van der Waals surface area contributed by atoms with Crippen LogP contribution in [0.4, 0.5) is 0 Å². The van der Waals surface area contributed by atoms with E-state index in [1.54, 1.807) is 14.2 Å². The van der Waals surface area contributed by atoms with E-state index in [0.29, 0.717) is 6.42 Å². The van der Waals surface area contributed by atoms with Gasteiger partial charge in [0.25, 0.3) is 0 Å². The van der Waals surface area contributed by atoms with Crippen molar-refractivity contribution >= 4 is 15.9 Å². The first kappa shape index (κ1) is 13.3. The lowest BCUT2D eigenvalue weighted by Gasteiger charge is -2.15. The Bertz CT molecular complexity index is 364. The summed E-state index contributed by atoms with van der Waals surface area (Å²) in [5, 5.41) is 8.88. The van der Waals surface area contributed by atoms with Crippen molar-refractivity contribution in [1.82, 2.24) is 0 Å². The van der Waals surface area contributed by atoms with Crippen LogP contribution in [-0.4, -0.2) is 25.9 Å². The van der Waals surface area contributed by atoms with Crippen LogP contribution >= 0.6 is 15.9 Å². The Labute approximate surface area is 105 Å². The Morgan fingerprint density at radius 2 is 2.00 bits per heavy atom. The molecule has 1 aromatic carbocycles. The minimum Gasteiger partial charge on any atom is -0.496 e. The summed E-state index contributed by atoms with van der Waals surface area (Å²) < 4.78 is 11.6. The first-order chi connectivity index (χ1) is 7.65. The molecule has 0 amide bonds. The van der Waals surface area contributed by atoms with Crippen LogP contribution in [0.3, 0.4) is 0 Å². The van der Waals surface area contributed by atoms with Gasteiger partial charge in [0.1, 0.15) is 11.5 Å². The van der Waals surface area contributed by atoms with Gasteiger partial charge in [-0.05, 0) is 47.3 Å². The van der Waals surface area contributed by atoms with Crippen molar-refractivity contribution in [3.8, 4) is 11.5 Å². The van der Waals surface area contributed by atoms with Gasteiger partial charge in [-0.2, -0.15) is 0 Å². The maximum absolute atomic E-state index is 8.88. The Kier molecular flexibility index (Phi) is 5.09. The second-order valence-electron chi connectivity index (χ2n) is 3.55. The molecule has 3 nitrogen and oxygen atoms in total. The number of aliphatic hydroxyl groups is 1. The Balaban J connectivity index is 3.20. The van der Waals surface area contributed by atoms with Gasteiger partial charge in [-0.25, -0.2) is 0 Å². The second kappa shape index (κ2) is 6.11. The highest BCUT2D eigenvalue weighted by atomic mass is 79.9. The largest absolute Gasteiger partial charge is 0.496 e. The summed E-state index contributed by atoms with van der Waals surface area (Å²) >= 11 is 3.53. The fourth-order valence-corrected chi connectivity index (χ4v) is 2.56. The normalized spacial score (nSPS) is 10.3. The van der Waals surface area contributed by atoms with Crippen LogP contribution in [0.2, 0.25) is 0 Å². The number of aryl methyl sites for hydroxylation is 1. The number of aliphatic hydroxyl groups excluding tert-OH is 1. The van der Waals surface area contributed by atoms with E-state index in [1.807, 2.05) is 13.0 Å². The summed E-state index contributed by atoms with van der Waals surface area (Å²) in [5.74, 6) is 1.66. The molecule has 4 heteroatoms. The summed E-state index contributed by atoms with van der Waals surface area (Å²) in [5.41, 5.74) is 2.07. The quantitative estimate of drug-likeness (QED) is 0.905. The lowest BCUT2D eigenvalue weighted by Crippen LogP contribution is -2.00. The van der Waals surface area contributed by atoms with Crippen molar-refractivity contribution in [1.29, 1.82) is 0 Å². The lowest BCUT2D eigenvalue weighted by atomic mass is 10.1. The van der Waals surface area contributed by atoms with Crippen molar-refractivity contribution in [3.63, 3.8) is 0 Å². The van der Waals surface area contributed by atoms with Crippen molar-refractivity contribution in [2.75, 3.05) is 20.8 Å². The van der Waals surface area contributed by atoms with E-state index in [0.717, 1.165) is 33.5 Å². The Morgan fingerprint density at radius 1 is 1.31 bits per heavy atom. The van der Waals surface area contributed by atoms with Gasteiger partial charge in [0.15, 0.2) is 0 Å². The number of rotatable bonds is 5. The number of hydrogen-bond acceptors (Lipinski definition) is 3. The molecule has 1 rings (SSSR count). The van der Waals surface area contributed by atoms with Crippen molar-refractivity contribution in [2.24, 2.45) is 0 Å². The molecule has 0 saturated heterocycles. The molecule has 0 aliphatic rings. The maximum Gasteiger partial charge on any atom is 0.136 e. The number of hydrogen-bond donors (Lipinski definition) is 1. The average Bonchev–Trinajstić information content (AvgIpc) is 2.28. The van der Waals surface area contributed by atoms with E-state index in [1.165, 1.54) is 0 Å². The predicted molar refractivity (Wildman–Crippen MR) is 67.4 cm³/mol. The highest BCUT2D eigenvalue weighted by Crippen LogP contribution is 2.38. The molecule has 1 aromatic rings. The molecule has 0 heterocycles. The summed E-state index contributed by atoms with van der Waals surface area (Å²) in [6.45, 7) is 2.15. The van der Waals surface area contributed by atoms with Crippen LogP contribution in [0.5, 0.6) is 11.5 Å². The average molecular weight is 289 g/mol. The van der Waals surface area contributed by atoms with Crippen molar-refractivity contribution in [3.05, 3.63) is 21.7 Å². The minimum absolute atomic E-state index is 0.172. The van der Waals surface area contributed by atoms with Crippen LogP contribution in [0.15, 0.2) is 10.5 Å². The minimum atomic E-state index is 0.172. The molecule has 0 spiro atoms. The zero-order chi connectivity index (χ0) is 12.1. The van der Waals surface area contributed by atoms with Crippen LogP contribution in [0.1, 0.15) is 17.5 Å². The SMILES string of the molecule is COc1cc(C)c(OC)c(Br)c1CCCO. The standard InChI is InChI=1S/C12H17BrO3/c1-8-7-10(15-2)9(5-4-6-14)11(13)12(8)16-3/h7,14H,4-6H2,1-3H3. The summed E-state index contributed by atoms with van der Waals surface area (Å²) in [4.78, 5) is 0. The summed E-state index contributed by atoms with van der Waals surface area (Å²) in [6.07, 6.45) is 1.47. The lowest BCUT2D eigenvalue weighted by molar-refractivity contribution is 0.287. The number of halogens is 1. The molecular formula is C12H17BrO3. The molecule has 0 atom stereocenters. The number of benzene rings is 1. The van der Waals surface area contributed by atoms with E-state index in [4.69, 9.17) is 14.6 Å². The number of methoxy groups -OCH3 is 2. The van der Waals surface area contributed by atoms with Crippen LogP contribution in [0, 0.1) is 6.92 Å². The first-order valence-corrected chi connectivity index (χ1v) is 5.95. The highest BCUT2D eigenvalue weighted by molar-refractivity contribution is 9.10. The molecule has 0 saturated carbocycles. The Morgan fingerprint density at radius 3 is 2.50 bits per heavy atom. The zero-order valence-electron chi connectivity index (χ0n) is 9.84. The highest BCUT2D eigenvalue weighted by Gasteiger charge is 2.15. The first-order valence-electron chi connectivity index (χ1n) is 5.16. The molecule has 0 aliphatic heterocycles. The van der Waals surface area contributed by atoms with Crippen LogP contribution < -0.4 is 9.47 Å². The van der Waals surface area contributed by atoms with E-state index >= 15 is 0 Å². The maximum atomic E-state index is 8.88. The van der Waals surface area contributed by atoms with E-state index in [2.05, 4.69) is 15.9 Å². The van der Waals surface area contributed by atoms with Gasteiger partial charge in [0, 0.05) is 12.2 Å². The van der Waals surface area contributed by atoms with Gasteiger partial charge in [0.05, 0.1) is 18.7 Å². The molecule has 0 unspecified atom stereocenters. The fraction of sp³-hybridized carbons (Fsp3) is 0.500. The van der Waals surface area contributed by atoms with Gasteiger partial charge in [0.2, 0.25) is 0 Å². The third-order valence-corrected chi connectivity index (χ3v) is 3.32. The molecule has 16 heavy (non-hydrogen) atoms. The molecule has 0 fully saturated rings. The molecule has 0 aromatic heterocycles. The third-order valence-electron chi connectivity index (χ3n) is 2.48. The van der Waals surface area contributed by atoms with Gasteiger partial charge in [-0.15, -0.1) is 0 Å². The number of ether oxygens (including phenoxy) is 2. The predicted octanol–water partition coefficient (Wildman–Crippen LogP) is 2.70. The van der Waals surface area contributed by atoms with E-state index < -0.39 is 0 Å². The summed E-state index contributed by atoms with van der Waals surface area (Å²) in [6, 6.07) is 1.95. The zero-order valence-corrected chi connectivity index (χ0v) is 11.4. The monoisotopic (exact) mass is 288 g/mol. The van der Waals surface area contributed by atoms with Crippen molar-refractivity contribution < 1.29 is 14.6 Å². The smallest absolute Gasteiger partial charge is 0.136 e. The summed E-state index contributed by atoms with van der Waals surface area (Å²) in [7, 11) is 3.30. The van der Waals surface area contributed by atoms with Gasteiger partial charge in [-0.3, -0.25) is 0 Å². The van der Waals surface area contributed by atoms with E-state index in [-0.39, 0.29) is 6.61 Å². The molecule has 1 N–H and O–H groups in total. The van der Waals surface area contributed by atoms with Crippen molar-refractivity contribution in [2.45, 2.75) is 19.8 Å². The third kappa shape index (κ3) is 2.68. The van der Waals surface area contributed by atoms with E-state index in [9.17, 15) is 0 Å². The van der Waals surface area contributed by atoms with Gasteiger partial charge < -0.3 is 14.6 Å². The molecule has 90 valence electrons. The second-order valence-corrected chi connectivity index (χ2v) is 4.34. The fourth-order valence-electron chi connectivity index (χ4n) is 1.69. The van der Waals surface area contributed by atoms with Crippen LogP contribution in [0.25, 0.3) is 0 Å². The Hall–Kier alpha value is -0.740. The van der Waals surface area contributed by atoms with Gasteiger partial charge >= 0.3 is 0 Å². The topological polar surface area (TPSA) is 38.7 Å². The van der Waals surface area contributed by atoms with Gasteiger partial charge in [-0.1, -0.05) is 0 Å². The van der Waals surface area contributed by atoms with Crippen LogP contribution in [-0.2, 0) is 6.42 Å². The molecule has 0 aliphatic carbocycles. The molecule has 0 bridgehead atoms.